The molecule has 9 heteroatoms. The van der Waals surface area contributed by atoms with Gasteiger partial charge in [-0.2, -0.15) is 0 Å². The van der Waals surface area contributed by atoms with Gasteiger partial charge in [0.25, 0.3) is 0 Å². The molecule has 8 nitrogen and oxygen atoms in total. The minimum Gasteiger partial charge on any atom is -0.493 e. The van der Waals surface area contributed by atoms with Crippen LogP contribution in [0.25, 0.3) is 11.3 Å². The largest absolute Gasteiger partial charge is 0.493 e. The molecule has 0 radical (unpaired) electrons. The van der Waals surface area contributed by atoms with Crippen molar-refractivity contribution < 1.29 is 33.6 Å². The average Bonchev–Trinajstić information content (AvgIpc) is 3.27. The third kappa shape index (κ3) is 5.50. The summed E-state index contributed by atoms with van der Waals surface area (Å²) in [5.41, 5.74) is 6.98. The number of pyridine rings is 1. The van der Waals surface area contributed by atoms with E-state index in [0.717, 1.165) is 5.56 Å². The molecule has 0 saturated carbocycles. The summed E-state index contributed by atoms with van der Waals surface area (Å²) in [6, 6.07) is 12.4. The van der Waals surface area contributed by atoms with Crippen LogP contribution in [0.4, 0.5) is 4.39 Å². The van der Waals surface area contributed by atoms with E-state index in [1.807, 2.05) is 6.92 Å². The number of Topliss-reactive ketones (excluding diaryl/α,β-unsaturated/α-hetero) is 1. The summed E-state index contributed by atoms with van der Waals surface area (Å²) >= 11 is 0. The number of carbonyl (C=O) groups is 1. The Kier molecular flexibility index (Phi) is 8.01. The van der Waals surface area contributed by atoms with Gasteiger partial charge < -0.3 is 30.2 Å². The second-order valence-corrected chi connectivity index (χ2v) is 9.67. The number of fused-ring (bicyclic) bond motifs is 1. The first-order chi connectivity index (χ1) is 18.1. The molecule has 0 bridgehead atoms. The second kappa shape index (κ2) is 11.1. The average molecular weight is 525 g/mol. The fraction of sp³-hybridized carbons (Fsp3) is 0.379. The third-order valence-electron chi connectivity index (χ3n) is 6.96. The lowest BCUT2D eigenvalue weighted by Gasteiger charge is -2.26. The molecule has 2 atom stereocenters. The minimum absolute atomic E-state index is 0.0374. The van der Waals surface area contributed by atoms with Crippen molar-refractivity contribution in [2.75, 3.05) is 26.9 Å². The van der Waals surface area contributed by atoms with Gasteiger partial charge in [-0.15, -0.1) is 0 Å². The van der Waals surface area contributed by atoms with E-state index in [2.05, 4.69) is 0 Å². The van der Waals surface area contributed by atoms with Crippen LogP contribution >= 0.6 is 0 Å². The first-order valence-corrected chi connectivity index (χ1v) is 12.5. The van der Waals surface area contributed by atoms with Gasteiger partial charge in [0.15, 0.2) is 23.0 Å². The van der Waals surface area contributed by atoms with Crippen molar-refractivity contribution >= 4 is 5.78 Å². The number of aromatic nitrogens is 1. The zero-order valence-electron chi connectivity index (χ0n) is 21.8. The van der Waals surface area contributed by atoms with E-state index < -0.39 is 11.1 Å². The number of halogens is 1. The van der Waals surface area contributed by atoms with E-state index in [1.165, 1.54) is 19.2 Å². The number of aliphatic hydroxyl groups excluding tert-OH is 1. The number of nitrogens with two attached hydrogens (primary N) is 1. The first kappa shape index (κ1) is 27.5. The van der Waals surface area contributed by atoms with Crippen LogP contribution in [0.15, 0.2) is 48.5 Å². The highest BCUT2D eigenvalue weighted by Gasteiger charge is 2.40. The van der Waals surface area contributed by atoms with Crippen molar-refractivity contribution in [1.82, 2.24) is 4.98 Å². The number of nitrogens with zero attached hydrogens (tertiary/aromatic N) is 1. The van der Waals surface area contributed by atoms with E-state index in [1.54, 1.807) is 43.3 Å². The SMILES string of the molecule is CC[C@@]1(N)COc2c1cc([C@@](C)(O)CCC(=O)c1ccc(OCCO)c(OC)c1)nc2-c1ccc(F)cc1. The molecular weight excluding hydrogens is 491 g/mol. The Morgan fingerprint density at radius 1 is 1.21 bits per heavy atom. The Morgan fingerprint density at radius 2 is 1.95 bits per heavy atom. The van der Waals surface area contributed by atoms with E-state index in [0.29, 0.717) is 46.2 Å². The molecule has 0 spiro atoms. The molecule has 2 aromatic carbocycles. The number of hydrogen-bond donors (Lipinski definition) is 3. The molecule has 202 valence electrons. The molecule has 4 N–H and O–H groups in total. The fourth-order valence-electron chi connectivity index (χ4n) is 4.45. The lowest BCUT2D eigenvalue weighted by atomic mass is 9.86. The smallest absolute Gasteiger partial charge is 0.163 e. The van der Waals surface area contributed by atoms with Gasteiger partial charge >= 0.3 is 0 Å². The number of ether oxygens (including phenoxy) is 3. The first-order valence-electron chi connectivity index (χ1n) is 12.5. The van der Waals surface area contributed by atoms with Crippen LogP contribution in [0.5, 0.6) is 17.2 Å². The Balaban J connectivity index is 1.62. The second-order valence-electron chi connectivity index (χ2n) is 9.67. The zero-order valence-corrected chi connectivity index (χ0v) is 21.8. The van der Waals surface area contributed by atoms with Gasteiger partial charge in [-0.1, -0.05) is 6.92 Å². The number of carbonyl (C=O) groups excluding carboxylic acids is 1. The van der Waals surface area contributed by atoms with Crippen molar-refractivity contribution in [3.8, 4) is 28.5 Å². The number of hydrogen-bond acceptors (Lipinski definition) is 8. The van der Waals surface area contributed by atoms with Gasteiger partial charge in [0.1, 0.15) is 30.3 Å². The number of aliphatic hydroxyl groups is 2. The van der Waals surface area contributed by atoms with Crippen molar-refractivity contribution in [2.45, 2.75) is 44.2 Å². The normalized spacial score (nSPS) is 17.9. The van der Waals surface area contributed by atoms with Gasteiger partial charge in [0.2, 0.25) is 0 Å². The van der Waals surface area contributed by atoms with E-state index in [9.17, 15) is 14.3 Å². The molecule has 0 fully saturated rings. The van der Waals surface area contributed by atoms with Crippen LogP contribution in [-0.4, -0.2) is 47.9 Å². The zero-order chi connectivity index (χ0) is 27.5. The lowest BCUT2D eigenvalue weighted by molar-refractivity contribution is 0.0396. The molecule has 0 amide bonds. The highest BCUT2D eigenvalue weighted by Crippen LogP contribution is 2.45. The standard InChI is InChI=1S/C29H33FN2O6/c1-4-29(31)17-38-27-21(29)16-25(32-26(27)18-5-8-20(30)9-6-18)28(2,35)12-11-22(34)19-7-10-23(37-14-13-33)24(15-19)36-3/h5-10,15-16,33,35H,4,11-14,17,31H2,1-3H3/t28-,29+/m0/s1. The predicted octanol–water partition coefficient (Wildman–Crippen LogP) is 4.09. The van der Waals surface area contributed by atoms with Gasteiger partial charge in [-0.05, 0) is 68.3 Å². The quantitative estimate of drug-likeness (QED) is 0.321. The summed E-state index contributed by atoms with van der Waals surface area (Å²) < 4.78 is 30.3. The molecule has 1 aliphatic rings. The molecule has 3 aromatic rings. The van der Waals surface area contributed by atoms with Crippen molar-refractivity contribution in [2.24, 2.45) is 5.73 Å². The highest BCUT2D eigenvalue weighted by molar-refractivity contribution is 5.96. The van der Waals surface area contributed by atoms with Crippen LogP contribution in [-0.2, 0) is 11.1 Å². The van der Waals surface area contributed by atoms with Crippen molar-refractivity contribution in [3.63, 3.8) is 0 Å². The monoisotopic (exact) mass is 524 g/mol. The molecule has 0 saturated heterocycles. The molecular formula is C29H33FN2O6. The summed E-state index contributed by atoms with van der Waals surface area (Å²) in [6.07, 6.45) is 0.735. The summed E-state index contributed by atoms with van der Waals surface area (Å²) in [6.45, 7) is 3.79. The summed E-state index contributed by atoms with van der Waals surface area (Å²) in [5.74, 6) is 0.747. The maximum atomic E-state index is 13.6. The molecule has 1 aromatic heterocycles. The Labute approximate surface area is 221 Å². The number of benzene rings is 2. The van der Waals surface area contributed by atoms with Crippen LogP contribution in [0, 0.1) is 5.82 Å². The lowest BCUT2D eigenvalue weighted by Crippen LogP contribution is -2.37. The van der Waals surface area contributed by atoms with E-state index >= 15 is 0 Å². The molecule has 38 heavy (non-hydrogen) atoms. The Hall–Kier alpha value is -3.53. The van der Waals surface area contributed by atoms with Crippen molar-refractivity contribution in [3.05, 3.63) is 71.2 Å². The summed E-state index contributed by atoms with van der Waals surface area (Å²) in [4.78, 5) is 17.7. The van der Waals surface area contributed by atoms with E-state index in [4.69, 9.17) is 30.0 Å². The maximum Gasteiger partial charge on any atom is 0.163 e. The third-order valence-corrected chi connectivity index (χ3v) is 6.96. The fourth-order valence-corrected chi connectivity index (χ4v) is 4.45. The molecule has 2 heterocycles. The molecule has 0 aliphatic carbocycles. The van der Waals surface area contributed by atoms with Gasteiger partial charge in [-0.25, -0.2) is 9.37 Å². The van der Waals surface area contributed by atoms with Gasteiger partial charge in [0.05, 0.1) is 24.9 Å². The molecule has 0 unspecified atom stereocenters. The van der Waals surface area contributed by atoms with Crippen LogP contribution in [0.1, 0.15) is 54.7 Å². The highest BCUT2D eigenvalue weighted by atomic mass is 19.1. The predicted molar refractivity (Wildman–Crippen MR) is 140 cm³/mol. The number of methoxy groups -OCH3 is 1. The van der Waals surface area contributed by atoms with Crippen LogP contribution < -0.4 is 19.9 Å². The van der Waals surface area contributed by atoms with E-state index in [-0.39, 0.29) is 44.3 Å². The van der Waals surface area contributed by atoms with Gasteiger partial charge in [-0.3, -0.25) is 4.79 Å². The Morgan fingerprint density at radius 3 is 2.61 bits per heavy atom. The van der Waals surface area contributed by atoms with Crippen molar-refractivity contribution in [1.29, 1.82) is 0 Å². The Bertz CT molecular complexity index is 1310. The van der Waals surface area contributed by atoms with Crippen LogP contribution in [0.3, 0.4) is 0 Å². The molecule has 4 rings (SSSR count). The summed E-state index contributed by atoms with van der Waals surface area (Å²) in [5, 5.41) is 20.5. The number of rotatable bonds is 11. The minimum atomic E-state index is -1.47. The maximum absolute atomic E-state index is 13.6. The topological polar surface area (TPSA) is 124 Å². The van der Waals surface area contributed by atoms with Gasteiger partial charge in [0, 0.05) is 23.1 Å². The summed E-state index contributed by atoms with van der Waals surface area (Å²) in [7, 11) is 1.47. The van der Waals surface area contributed by atoms with Crippen LogP contribution in [0.2, 0.25) is 0 Å². The molecule has 1 aliphatic heterocycles. The number of ketones is 1.